The van der Waals surface area contributed by atoms with Gasteiger partial charge < -0.3 is 9.47 Å². The van der Waals surface area contributed by atoms with E-state index in [9.17, 15) is 9.59 Å². The Morgan fingerprint density at radius 2 is 1.13 bits per heavy atom. The Bertz CT molecular complexity index is 1070. The number of hydrogen-bond donors (Lipinski definition) is 3. The Morgan fingerprint density at radius 3 is 1.55 bits per heavy atom. The molecule has 0 radical (unpaired) electrons. The molecule has 4 rings (SSSR count). The zero-order valence-electron chi connectivity index (χ0n) is 16.1. The Hall–Kier alpha value is -4.38. The molecule has 0 spiro atoms. The Labute approximate surface area is 175 Å². The van der Waals surface area contributed by atoms with Crippen LogP contribution in [0.5, 0.6) is 0 Å². The molecule has 4 aromatic rings. The Morgan fingerprint density at radius 1 is 0.710 bits per heavy atom. The van der Waals surface area contributed by atoms with Crippen LogP contribution in [0.1, 0.15) is 21.2 Å². The number of aromatic nitrogens is 6. The first kappa shape index (κ1) is 19.9. The van der Waals surface area contributed by atoms with Crippen LogP contribution in [0.2, 0.25) is 0 Å². The van der Waals surface area contributed by atoms with Crippen LogP contribution in [-0.2, 0) is 9.47 Å². The SMILES string of the molecule is O=C(OCNCOC(=O)c1nc(-c2ccccc2)n[nH]1)c1nc(-c2ccccc2)n[nH]1. The lowest BCUT2D eigenvalue weighted by atomic mass is 10.2. The second-order valence-electron chi connectivity index (χ2n) is 6.15. The largest absolute Gasteiger partial charge is 0.444 e. The fourth-order valence-electron chi connectivity index (χ4n) is 2.55. The highest BCUT2D eigenvalue weighted by Gasteiger charge is 2.16. The number of nitrogens with one attached hydrogen (secondary N) is 3. The third-order valence-electron chi connectivity index (χ3n) is 4.03. The number of esters is 2. The first-order valence-electron chi connectivity index (χ1n) is 9.21. The second-order valence-corrected chi connectivity index (χ2v) is 6.15. The van der Waals surface area contributed by atoms with Gasteiger partial charge in [0.05, 0.1) is 0 Å². The van der Waals surface area contributed by atoms with Crippen LogP contribution in [0.3, 0.4) is 0 Å². The molecule has 0 fully saturated rings. The van der Waals surface area contributed by atoms with Gasteiger partial charge in [-0.1, -0.05) is 60.7 Å². The van der Waals surface area contributed by atoms with E-state index in [4.69, 9.17) is 9.47 Å². The molecule has 2 aromatic heterocycles. The topological polar surface area (TPSA) is 148 Å². The fraction of sp³-hybridized carbons (Fsp3) is 0.100. The summed E-state index contributed by atoms with van der Waals surface area (Å²) >= 11 is 0. The van der Waals surface area contributed by atoms with Crippen LogP contribution in [0, 0.1) is 0 Å². The van der Waals surface area contributed by atoms with Crippen molar-refractivity contribution >= 4 is 11.9 Å². The number of carbonyl (C=O) groups excluding carboxylic acids is 2. The zero-order chi connectivity index (χ0) is 21.5. The van der Waals surface area contributed by atoms with E-state index in [0.717, 1.165) is 11.1 Å². The van der Waals surface area contributed by atoms with Gasteiger partial charge in [-0.05, 0) is 0 Å². The van der Waals surface area contributed by atoms with E-state index in [1.165, 1.54) is 0 Å². The van der Waals surface area contributed by atoms with Crippen molar-refractivity contribution in [2.75, 3.05) is 13.5 Å². The molecular weight excluding hydrogens is 402 g/mol. The molecular formula is C20H17N7O4. The lowest BCUT2D eigenvalue weighted by molar-refractivity contribution is 0.0314. The summed E-state index contributed by atoms with van der Waals surface area (Å²) in [7, 11) is 0. The maximum atomic E-state index is 12.0. The van der Waals surface area contributed by atoms with Gasteiger partial charge >= 0.3 is 11.9 Å². The summed E-state index contributed by atoms with van der Waals surface area (Å²) in [6.45, 7) is -0.391. The molecule has 0 aliphatic heterocycles. The van der Waals surface area contributed by atoms with Gasteiger partial charge in [0.25, 0.3) is 0 Å². The van der Waals surface area contributed by atoms with Crippen LogP contribution in [0.25, 0.3) is 22.8 Å². The van der Waals surface area contributed by atoms with Gasteiger partial charge in [0, 0.05) is 11.1 Å². The molecule has 2 heterocycles. The second kappa shape index (κ2) is 9.41. The van der Waals surface area contributed by atoms with Crippen LogP contribution < -0.4 is 5.32 Å². The van der Waals surface area contributed by atoms with Crippen molar-refractivity contribution in [1.29, 1.82) is 0 Å². The molecule has 3 N–H and O–H groups in total. The minimum absolute atomic E-state index is 0.0345. The van der Waals surface area contributed by atoms with Gasteiger partial charge in [0.1, 0.15) is 13.5 Å². The van der Waals surface area contributed by atoms with E-state index in [2.05, 4.69) is 35.7 Å². The van der Waals surface area contributed by atoms with Crippen LogP contribution >= 0.6 is 0 Å². The standard InChI is InChI=1S/C20H17N7O4/c28-19(17-22-15(24-26-17)13-7-3-1-4-8-13)30-11-21-12-31-20(29)18-23-16(25-27-18)14-9-5-2-6-10-14/h1-10,21H,11-12H2,(H,22,24,26)(H,23,25,27). The van der Waals surface area contributed by atoms with E-state index >= 15 is 0 Å². The highest BCUT2D eigenvalue weighted by Crippen LogP contribution is 2.14. The number of nitrogens with zero attached hydrogens (tertiary/aromatic N) is 4. The van der Waals surface area contributed by atoms with Crippen molar-refractivity contribution in [3.63, 3.8) is 0 Å². The monoisotopic (exact) mass is 419 g/mol. The molecule has 0 saturated carbocycles. The number of rotatable bonds is 8. The van der Waals surface area contributed by atoms with E-state index in [1.807, 2.05) is 60.7 Å². The third kappa shape index (κ3) is 4.97. The van der Waals surface area contributed by atoms with Crippen molar-refractivity contribution in [3.8, 4) is 22.8 Å². The number of hydrogen-bond acceptors (Lipinski definition) is 9. The summed E-state index contributed by atoms with van der Waals surface area (Å²) in [5.41, 5.74) is 1.54. The molecule has 11 heteroatoms. The number of aromatic amines is 2. The number of ether oxygens (including phenoxy) is 2. The average Bonchev–Trinajstić information content (AvgIpc) is 3.50. The molecule has 0 aliphatic rings. The molecule has 0 unspecified atom stereocenters. The van der Waals surface area contributed by atoms with Gasteiger partial charge in [-0.25, -0.2) is 19.6 Å². The highest BCUT2D eigenvalue weighted by atomic mass is 16.6. The van der Waals surface area contributed by atoms with Crippen molar-refractivity contribution in [3.05, 3.63) is 72.3 Å². The van der Waals surface area contributed by atoms with Crippen LogP contribution in [-0.4, -0.2) is 55.8 Å². The Balaban J connectivity index is 1.20. The number of H-pyrrole nitrogens is 2. The zero-order valence-corrected chi connectivity index (χ0v) is 16.1. The average molecular weight is 419 g/mol. The molecule has 156 valence electrons. The lowest BCUT2D eigenvalue weighted by Gasteiger charge is -2.05. The summed E-state index contributed by atoms with van der Waals surface area (Å²) < 4.78 is 10.0. The minimum atomic E-state index is -0.698. The normalized spacial score (nSPS) is 10.6. The number of carbonyl (C=O) groups is 2. The quantitative estimate of drug-likeness (QED) is 0.221. The van der Waals surface area contributed by atoms with Gasteiger partial charge in [0.2, 0.25) is 11.6 Å². The molecule has 0 bridgehead atoms. The maximum absolute atomic E-state index is 12.0. The summed E-state index contributed by atoms with van der Waals surface area (Å²) in [4.78, 5) is 32.2. The smallest absolute Gasteiger partial charge is 0.377 e. The number of benzene rings is 2. The molecule has 11 nitrogen and oxygen atoms in total. The summed E-state index contributed by atoms with van der Waals surface area (Å²) in [5.74, 6) is -0.694. The van der Waals surface area contributed by atoms with Gasteiger partial charge in [0.15, 0.2) is 11.6 Å². The highest BCUT2D eigenvalue weighted by molar-refractivity contribution is 5.86. The first-order chi connectivity index (χ1) is 15.2. The van der Waals surface area contributed by atoms with Crippen molar-refractivity contribution in [2.24, 2.45) is 0 Å². The van der Waals surface area contributed by atoms with Gasteiger partial charge in [-0.2, -0.15) is 10.2 Å². The van der Waals surface area contributed by atoms with Crippen LogP contribution in [0.15, 0.2) is 60.7 Å². The summed E-state index contributed by atoms with van der Waals surface area (Å²) in [5, 5.41) is 15.7. The van der Waals surface area contributed by atoms with E-state index < -0.39 is 11.9 Å². The molecule has 31 heavy (non-hydrogen) atoms. The van der Waals surface area contributed by atoms with E-state index in [1.54, 1.807) is 0 Å². The molecule has 0 aliphatic carbocycles. The first-order valence-corrected chi connectivity index (χ1v) is 9.21. The van der Waals surface area contributed by atoms with Gasteiger partial charge in [-0.3, -0.25) is 15.5 Å². The maximum Gasteiger partial charge on any atom is 0.377 e. The van der Waals surface area contributed by atoms with Crippen molar-refractivity contribution in [1.82, 2.24) is 35.7 Å². The molecule has 2 aromatic carbocycles. The molecule has 0 atom stereocenters. The van der Waals surface area contributed by atoms with Crippen LogP contribution in [0.4, 0.5) is 0 Å². The summed E-state index contributed by atoms with van der Waals surface area (Å²) in [6.07, 6.45) is 0. The Kier molecular flexibility index (Phi) is 6.05. The predicted octanol–water partition coefficient (Wildman–Crippen LogP) is 1.78. The molecule has 0 saturated heterocycles. The lowest BCUT2D eigenvalue weighted by Crippen LogP contribution is -2.26. The molecule has 0 amide bonds. The third-order valence-corrected chi connectivity index (χ3v) is 4.03. The van der Waals surface area contributed by atoms with E-state index in [-0.39, 0.29) is 25.1 Å². The van der Waals surface area contributed by atoms with Gasteiger partial charge in [-0.15, -0.1) is 0 Å². The van der Waals surface area contributed by atoms with Crippen molar-refractivity contribution < 1.29 is 19.1 Å². The van der Waals surface area contributed by atoms with E-state index in [0.29, 0.717) is 11.6 Å². The summed E-state index contributed by atoms with van der Waals surface area (Å²) in [6, 6.07) is 18.4. The van der Waals surface area contributed by atoms with Crippen molar-refractivity contribution in [2.45, 2.75) is 0 Å². The predicted molar refractivity (Wildman–Crippen MR) is 107 cm³/mol. The fourth-order valence-corrected chi connectivity index (χ4v) is 2.55. The minimum Gasteiger partial charge on any atom is -0.444 e.